The number of piperidine rings is 1. The Morgan fingerprint density at radius 1 is 1.14 bits per heavy atom. The van der Waals surface area contributed by atoms with E-state index in [9.17, 15) is 9.59 Å². The van der Waals surface area contributed by atoms with E-state index < -0.39 is 0 Å². The highest BCUT2D eigenvalue weighted by Crippen LogP contribution is 2.24. The molecule has 3 rings (SSSR count). The Morgan fingerprint density at radius 3 is 2.75 bits per heavy atom. The smallest absolute Gasteiger partial charge is 0.314 e. The van der Waals surface area contributed by atoms with E-state index in [4.69, 9.17) is 0 Å². The molecule has 2 N–H and O–H groups in total. The summed E-state index contributed by atoms with van der Waals surface area (Å²) in [6, 6.07) is 1.94. The molecule has 1 saturated heterocycles. The van der Waals surface area contributed by atoms with E-state index >= 15 is 0 Å². The number of likely N-dealkylation sites (tertiary alicyclic amines) is 1. The largest absolute Gasteiger partial charge is 0.338 e. The van der Waals surface area contributed by atoms with E-state index in [1.807, 2.05) is 4.90 Å². The molecule has 7 heteroatoms. The predicted octanol–water partition coefficient (Wildman–Crippen LogP) is 2.83. The normalized spacial score (nSPS) is 18.0. The van der Waals surface area contributed by atoms with E-state index in [1.54, 1.807) is 11.3 Å². The van der Waals surface area contributed by atoms with Gasteiger partial charge in [0.2, 0.25) is 5.91 Å². The Morgan fingerprint density at radius 2 is 1.93 bits per heavy atom. The third kappa shape index (κ3) is 6.48. The molecule has 0 atom stereocenters. The quantitative estimate of drug-likeness (QED) is 0.653. The van der Waals surface area contributed by atoms with Crippen molar-refractivity contribution in [3.05, 3.63) is 21.9 Å². The molecule has 1 aromatic rings. The number of nitrogens with one attached hydrogen (secondary N) is 2. The first-order valence-corrected chi connectivity index (χ1v) is 11.6. The number of unbranched alkanes of at least 4 members (excludes halogenated alkanes) is 1. The molecule has 0 spiro atoms. The summed E-state index contributed by atoms with van der Waals surface area (Å²) in [5.74, 6) is 0.990. The van der Waals surface area contributed by atoms with Crippen molar-refractivity contribution in [1.82, 2.24) is 20.4 Å². The molecule has 0 saturated carbocycles. The van der Waals surface area contributed by atoms with Crippen molar-refractivity contribution in [3.63, 3.8) is 0 Å². The first kappa shape index (κ1) is 21.1. The van der Waals surface area contributed by atoms with Crippen molar-refractivity contribution in [2.24, 2.45) is 5.92 Å². The fraction of sp³-hybridized carbons (Fsp3) is 0.714. The molecule has 2 aliphatic rings. The summed E-state index contributed by atoms with van der Waals surface area (Å²) in [6.07, 6.45) is 6.04. The van der Waals surface area contributed by atoms with Crippen molar-refractivity contribution in [2.75, 3.05) is 39.3 Å². The minimum Gasteiger partial charge on any atom is -0.338 e. The van der Waals surface area contributed by atoms with Crippen molar-refractivity contribution in [2.45, 2.75) is 52.0 Å². The lowest BCUT2D eigenvalue weighted by atomic mass is 9.99. The Hall–Kier alpha value is -1.60. The van der Waals surface area contributed by atoms with Crippen LogP contribution < -0.4 is 10.6 Å². The maximum atomic E-state index is 12.3. The number of hydrogen-bond acceptors (Lipinski definition) is 4. The van der Waals surface area contributed by atoms with Gasteiger partial charge in [0.1, 0.15) is 0 Å². The zero-order chi connectivity index (χ0) is 19.8. The molecular weight excluding hydrogens is 372 g/mol. The summed E-state index contributed by atoms with van der Waals surface area (Å²) in [5, 5.41) is 7.80. The van der Waals surface area contributed by atoms with E-state index in [2.05, 4.69) is 33.9 Å². The van der Waals surface area contributed by atoms with Crippen molar-refractivity contribution in [1.29, 1.82) is 0 Å². The fourth-order valence-corrected chi connectivity index (χ4v) is 4.80. The molecule has 0 radical (unpaired) electrons. The number of carbonyl (C=O) groups excluding carboxylic acids is 2. The number of fused-ring (bicyclic) bond motifs is 1. The molecule has 28 heavy (non-hydrogen) atoms. The van der Waals surface area contributed by atoms with Gasteiger partial charge in [0.05, 0.1) is 0 Å². The van der Waals surface area contributed by atoms with Gasteiger partial charge in [0.25, 0.3) is 0 Å². The summed E-state index contributed by atoms with van der Waals surface area (Å²) >= 11 is 1.77. The molecule has 156 valence electrons. The van der Waals surface area contributed by atoms with Crippen LogP contribution in [0.3, 0.4) is 0 Å². The van der Waals surface area contributed by atoms with Crippen molar-refractivity contribution >= 4 is 23.3 Å². The van der Waals surface area contributed by atoms with Gasteiger partial charge in [0.15, 0.2) is 0 Å². The minimum absolute atomic E-state index is 0.119. The van der Waals surface area contributed by atoms with E-state index in [0.29, 0.717) is 26.1 Å². The summed E-state index contributed by atoms with van der Waals surface area (Å²) in [7, 11) is 0. The second kappa shape index (κ2) is 10.8. The van der Waals surface area contributed by atoms with Crippen molar-refractivity contribution in [3.8, 4) is 0 Å². The molecule has 1 fully saturated rings. The summed E-state index contributed by atoms with van der Waals surface area (Å²) < 4.78 is 0. The van der Waals surface area contributed by atoms with E-state index in [1.165, 1.54) is 36.4 Å². The van der Waals surface area contributed by atoms with Crippen LogP contribution in [0, 0.1) is 5.92 Å². The molecule has 0 aromatic carbocycles. The first-order chi connectivity index (χ1) is 13.6. The molecule has 3 amide bonds. The third-order valence-corrected chi connectivity index (χ3v) is 6.87. The third-order valence-electron chi connectivity index (χ3n) is 5.85. The highest BCUT2D eigenvalue weighted by atomic mass is 32.1. The minimum atomic E-state index is -0.168. The Bertz CT molecular complexity index is 640. The molecule has 1 aromatic heterocycles. The second-order valence-electron chi connectivity index (χ2n) is 8.10. The van der Waals surface area contributed by atoms with Gasteiger partial charge >= 0.3 is 6.03 Å². The summed E-state index contributed by atoms with van der Waals surface area (Å²) in [6.45, 7) is 8.47. The molecule has 6 nitrogen and oxygen atoms in total. The standard InChI is InChI=1S/C21H34N4O2S/c1-17-5-12-24(13-6-17)11-3-2-9-22-21(27)23-10-4-20(26)25-14-7-19-18(16-25)8-15-28-19/h8,15,17H,2-7,9-14,16H2,1H3,(H2,22,23,27). The highest BCUT2D eigenvalue weighted by molar-refractivity contribution is 7.10. The van der Waals surface area contributed by atoms with Crippen LogP contribution >= 0.6 is 11.3 Å². The van der Waals surface area contributed by atoms with Crippen LogP contribution in [-0.2, 0) is 17.8 Å². The predicted molar refractivity (Wildman–Crippen MR) is 114 cm³/mol. The van der Waals surface area contributed by atoms with Gasteiger partial charge in [-0.3, -0.25) is 4.79 Å². The molecule has 0 unspecified atom stereocenters. The Kier molecular flexibility index (Phi) is 8.15. The summed E-state index contributed by atoms with van der Waals surface area (Å²) in [4.78, 5) is 30.0. The van der Waals surface area contributed by atoms with Gasteiger partial charge in [-0.05, 0) is 74.7 Å². The lowest BCUT2D eigenvalue weighted by Gasteiger charge is -2.30. The zero-order valence-corrected chi connectivity index (χ0v) is 17.9. The topological polar surface area (TPSA) is 64.7 Å². The van der Waals surface area contributed by atoms with E-state index in [0.717, 1.165) is 38.3 Å². The van der Waals surface area contributed by atoms with Gasteiger partial charge in [-0.1, -0.05) is 6.92 Å². The van der Waals surface area contributed by atoms with Crippen LogP contribution in [0.5, 0.6) is 0 Å². The number of thiophene rings is 1. The molecule has 3 heterocycles. The maximum absolute atomic E-state index is 12.3. The zero-order valence-electron chi connectivity index (χ0n) is 17.0. The average molecular weight is 407 g/mol. The number of amides is 3. The molecule has 0 bridgehead atoms. The number of hydrogen-bond donors (Lipinski definition) is 2. The van der Waals surface area contributed by atoms with Gasteiger partial charge in [-0.15, -0.1) is 11.3 Å². The maximum Gasteiger partial charge on any atom is 0.314 e. The lowest BCUT2D eigenvalue weighted by molar-refractivity contribution is -0.131. The van der Waals surface area contributed by atoms with Crippen LogP contribution in [0.25, 0.3) is 0 Å². The number of carbonyl (C=O) groups is 2. The number of urea groups is 1. The summed E-state index contributed by atoms with van der Waals surface area (Å²) in [5.41, 5.74) is 1.27. The Balaban J connectivity index is 1.20. The van der Waals surface area contributed by atoms with Crippen LogP contribution in [0.1, 0.15) is 49.5 Å². The highest BCUT2D eigenvalue weighted by Gasteiger charge is 2.21. The van der Waals surface area contributed by atoms with Crippen LogP contribution in [0.15, 0.2) is 11.4 Å². The average Bonchev–Trinajstić information content (AvgIpc) is 3.17. The molecule has 2 aliphatic heterocycles. The number of nitrogens with zero attached hydrogens (tertiary/aromatic N) is 2. The molecular formula is C21H34N4O2S. The van der Waals surface area contributed by atoms with Gasteiger partial charge in [0, 0.05) is 37.5 Å². The van der Waals surface area contributed by atoms with Crippen LogP contribution in [0.4, 0.5) is 4.79 Å². The van der Waals surface area contributed by atoms with Crippen LogP contribution in [-0.4, -0.2) is 61.0 Å². The van der Waals surface area contributed by atoms with Gasteiger partial charge in [-0.2, -0.15) is 0 Å². The fourth-order valence-electron chi connectivity index (χ4n) is 3.91. The Labute approximate surface area is 172 Å². The monoisotopic (exact) mass is 406 g/mol. The van der Waals surface area contributed by atoms with E-state index in [-0.39, 0.29) is 11.9 Å². The van der Waals surface area contributed by atoms with Crippen molar-refractivity contribution < 1.29 is 9.59 Å². The number of rotatable bonds is 8. The van der Waals surface area contributed by atoms with Gasteiger partial charge < -0.3 is 20.4 Å². The van der Waals surface area contributed by atoms with Gasteiger partial charge in [-0.25, -0.2) is 4.79 Å². The SMILES string of the molecule is CC1CCN(CCCCNC(=O)NCCC(=O)N2CCc3sccc3C2)CC1. The molecule has 0 aliphatic carbocycles. The second-order valence-corrected chi connectivity index (χ2v) is 9.10. The van der Waals surface area contributed by atoms with Crippen LogP contribution in [0.2, 0.25) is 0 Å². The lowest BCUT2D eigenvalue weighted by Crippen LogP contribution is -2.40. The first-order valence-electron chi connectivity index (χ1n) is 10.7.